The molecule has 0 saturated heterocycles. The Morgan fingerprint density at radius 2 is 1.63 bits per heavy atom. The van der Waals surface area contributed by atoms with Gasteiger partial charge in [0, 0.05) is 0 Å². The third-order valence-corrected chi connectivity index (χ3v) is 6.19. The monoisotopic (exact) mass is 380 g/mol. The Labute approximate surface area is 120 Å². The van der Waals surface area contributed by atoms with Gasteiger partial charge in [0.15, 0.2) is 0 Å². The predicted octanol–water partition coefficient (Wildman–Crippen LogP) is 3.03. The first-order chi connectivity index (χ1) is 8.95. The summed E-state index contributed by atoms with van der Waals surface area (Å²) in [5, 5.41) is 0. The molecular formula is C13H17IO5. The van der Waals surface area contributed by atoms with Crippen molar-refractivity contribution in [2.75, 3.05) is 7.11 Å². The molecule has 19 heavy (non-hydrogen) atoms. The Balaban J connectivity index is 3.13. The molecule has 6 heteroatoms. The van der Waals surface area contributed by atoms with Crippen LogP contribution in [0.2, 0.25) is 0 Å². The molecule has 0 bridgehead atoms. The number of hydrogen-bond donors (Lipinski definition) is 0. The van der Waals surface area contributed by atoms with Crippen LogP contribution in [0.3, 0.4) is 0 Å². The molecule has 1 rings (SSSR count). The molecule has 5 nitrogen and oxygen atoms in total. The zero-order chi connectivity index (χ0) is 14.4. The van der Waals surface area contributed by atoms with Crippen molar-refractivity contribution in [1.29, 1.82) is 0 Å². The average molecular weight is 380 g/mol. The summed E-state index contributed by atoms with van der Waals surface area (Å²) in [6.45, 7) is 4.49. The van der Waals surface area contributed by atoms with Crippen LogP contribution in [-0.2, 0) is 20.5 Å². The van der Waals surface area contributed by atoms with Crippen LogP contribution in [-0.4, -0.2) is 19.0 Å². The molecule has 0 radical (unpaired) electrons. The summed E-state index contributed by atoms with van der Waals surface area (Å²) in [6, 6.07) is 7.37. The Kier molecular flexibility index (Phi) is 6.23. The van der Waals surface area contributed by atoms with E-state index in [4.69, 9.17) is 10.9 Å². The number of ether oxygens (including phenoxy) is 1. The number of rotatable bonds is 5. The van der Waals surface area contributed by atoms with Crippen LogP contribution < -0.4 is 0 Å². The van der Waals surface area contributed by atoms with Crippen molar-refractivity contribution in [3.8, 4) is 0 Å². The molecule has 0 aliphatic rings. The van der Waals surface area contributed by atoms with E-state index in [2.05, 4.69) is 0 Å². The topological polar surface area (TPSA) is 61.8 Å². The number of methoxy groups -OCH3 is 1. The molecule has 0 fully saturated rings. The molecule has 0 unspecified atom stereocenters. The number of hydrogen-bond acceptors (Lipinski definition) is 5. The standard InChI is InChI=1S/C13H17IO5/c1-9(17-4)12-7-5-6-8-13(12)14(18-10(2)15)19-11(3)16/h5-9H,1-4H3/t9-/m0/s1. The van der Waals surface area contributed by atoms with Gasteiger partial charge in [-0.2, -0.15) is 0 Å². The zero-order valence-electron chi connectivity index (χ0n) is 11.3. The fraction of sp³-hybridized carbons (Fsp3) is 0.385. The second-order valence-electron chi connectivity index (χ2n) is 3.75. The molecule has 0 spiro atoms. The molecule has 0 N–H and O–H groups in total. The van der Waals surface area contributed by atoms with Gasteiger partial charge in [-0.15, -0.1) is 0 Å². The molecule has 0 saturated carbocycles. The summed E-state index contributed by atoms with van der Waals surface area (Å²) >= 11 is -2.79. The van der Waals surface area contributed by atoms with Gasteiger partial charge in [-0.1, -0.05) is 0 Å². The van der Waals surface area contributed by atoms with Crippen molar-refractivity contribution in [3.05, 3.63) is 33.4 Å². The van der Waals surface area contributed by atoms with Crippen LogP contribution in [0.1, 0.15) is 32.4 Å². The summed E-state index contributed by atoms with van der Waals surface area (Å²) in [5.74, 6) is -0.905. The first-order valence-electron chi connectivity index (χ1n) is 5.65. The minimum absolute atomic E-state index is 0.165. The molecule has 106 valence electrons. The molecule has 0 heterocycles. The predicted molar refractivity (Wildman–Crippen MR) is 78.1 cm³/mol. The fourth-order valence-electron chi connectivity index (χ4n) is 1.37. The van der Waals surface area contributed by atoms with E-state index in [9.17, 15) is 9.59 Å². The van der Waals surface area contributed by atoms with E-state index in [1.54, 1.807) is 7.11 Å². The van der Waals surface area contributed by atoms with Crippen molar-refractivity contribution in [3.63, 3.8) is 0 Å². The third-order valence-electron chi connectivity index (χ3n) is 2.22. The molecular weight excluding hydrogens is 363 g/mol. The number of carbonyl (C=O) groups is 2. The Morgan fingerprint density at radius 1 is 1.11 bits per heavy atom. The van der Waals surface area contributed by atoms with Crippen LogP contribution in [0.25, 0.3) is 0 Å². The molecule has 0 aliphatic heterocycles. The Hall–Kier alpha value is -1.15. The fourth-order valence-corrected chi connectivity index (χ4v) is 4.69. The third kappa shape index (κ3) is 4.79. The van der Waals surface area contributed by atoms with Gasteiger partial charge in [-0.25, -0.2) is 0 Å². The van der Waals surface area contributed by atoms with E-state index in [0.29, 0.717) is 0 Å². The first-order valence-corrected chi connectivity index (χ1v) is 8.49. The van der Waals surface area contributed by atoms with Crippen molar-refractivity contribution in [1.82, 2.24) is 0 Å². The second-order valence-corrected chi connectivity index (χ2v) is 7.04. The number of benzene rings is 1. The van der Waals surface area contributed by atoms with Gasteiger partial charge in [0.1, 0.15) is 0 Å². The Bertz CT molecular complexity index is 444. The Morgan fingerprint density at radius 3 is 2.11 bits per heavy atom. The number of halogens is 1. The molecule has 1 atom stereocenters. The number of carbonyl (C=O) groups excluding carboxylic acids is 2. The summed E-state index contributed by atoms with van der Waals surface area (Å²) in [4.78, 5) is 22.3. The van der Waals surface area contributed by atoms with Crippen molar-refractivity contribution < 1.29 is 20.5 Å². The molecule has 0 amide bonds. The van der Waals surface area contributed by atoms with E-state index in [-0.39, 0.29) is 6.10 Å². The van der Waals surface area contributed by atoms with Crippen molar-refractivity contribution in [2.24, 2.45) is 0 Å². The van der Waals surface area contributed by atoms with E-state index in [1.807, 2.05) is 31.2 Å². The van der Waals surface area contributed by atoms with Crippen LogP contribution in [0.5, 0.6) is 0 Å². The van der Waals surface area contributed by atoms with E-state index in [0.717, 1.165) is 9.13 Å². The van der Waals surface area contributed by atoms with Crippen LogP contribution in [0.4, 0.5) is 0 Å². The molecule has 0 aliphatic carbocycles. The zero-order valence-corrected chi connectivity index (χ0v) is 13.5. The van der Waals surface area contributed by atoms with Gasteiger partial charge in [-0.3, -0.25) is 0 Å². The summed E-state index contributed by atoms with van der Waals surface area (Å²) in [5.41, 5.74) is 0.873. The maximum absolute atomic E-state index is 11.2. The second kappa shape index (κ2) is 7.44. The molecule has 0 aromatic heterocycles. The SMILES string of the molecule is CO[C@@H](C)c1ccccc1I(OC(C)=O)OC(C)=O. The van der Waals surface area contributed by atoms with E-state index >= 15 is 0 Å². The van der Waals surface area contributed by atoms with Gasteiger partial charge < -0.3 is 0 Å². The van der Waals surface area contributed by atoms with Gasteiger partial charge >= 0.3 is 120 Å². The van der Waals surface area contributed by atoms with Crippen LogP contribution in [0, 0.1) is 3.57 Å². The van der Waals surface area contributed by atoms with Crippen LogP contribution in [0.15, 0.2) is 24.3 Å². The van der Waals surface area contributed by atoms with Crippen LogP contribution >= 0.6 is 20.6 Å². The van der Waals surface area contributed by atoms with Gasteiger partial charge in [0.2, 0.25) is 0 Å². The first kappa shape index (κ1) is 15.9. The molecule has 1 aromatic carbocycles. The van der Waals surface area contributed by atoms with Gasteiger partial charge in [0.05, 0.1) is 0 Å². The van der Waals surface area contributed by atoms with Gasteiger partial charge in [-0.05, 0) is 0 Å². The quantitative estimate of drug-likeness (QED) is 0.735. The summed E-state index contributed by atoms with van der Waals surface area (Å²) in [7, 11) is 1.59. The summed E-state index contributed by atoms with van der Waals surface area (Å²) < 4.78 is 16.4. The minimum atomic E-state index is -2.79. The van der Waals surface area contributed by atoms with E-state index in [1.165, 1.54) is 13.8 Å². The van der Waals surface area contributed by atoms with Gasteiger partial charge in [0.25, 0.3) is 0 Å². The molecule has 1 aromatic rings. The van der Waals surface area contributed by atoms with Crippen molar-refractivity contribution in [2.45, 2.75) is 26.9 Å². The normalized spacial score (nSPS) is 12.5. The average Bonchev–Trinajstić information content (AvgIpc) is 2.36. The van der Waals surface area contributed by atoms with E-state index < -0.39 is 32.6 Å². The maximum atomic E-state index is 11.2. The van der Waals surface area contributed by atoms with Crippen molar-refractivity contribution >= 4 is 32.6 Å². The summed E-state index contributed by atoms with van der Waals surface area (Å²) in [6.07, 6.45) is -0.165.